The molecule has 1 aromatic heterocycles. The predicted octanol–water partition coefficient (Wildman–Crippen LogP) is 6.16. The van der Waals surface area contributed by atoms with Crippen molar-refractivity contribution in [2.24, 2.45) is 5.92 Å². The first-order valence-electron chi connectivity index (χ1n) is 10.7. The molecule has 0 radical (unpaired) electrons. The zero-order chi connectivity index (χ0) is 22.2. The lowest BCUT2D eigenvalue weighted by atomic mass is 9.81. The van der Waals surface area contributed by atoms with Gasteiger partial charge in [0, 0.05) is 17.5 Å². The maximum atomic E-state index is 14.9. The van der Waals surface area contributed by atoms with E-state index in [0.717, 1.165) is 28.1 Å². The molecule has 1 aliphatic carbocycles. The molecule has 0 saturated carbocycles. The van der Waals surface area contributed by atoms with Crippen LogP contribution in [0.15, 0.2) is 79.0 Å². The molecule has 3 atom stereocenters. The molecule has 162 valence electrons. The van der Waals surface area contributed by atoms with Gasteiger partial charge in [-0.3, -0.25) is 0 Å². The molecular weight excluding hydrogens is 389 g/mol. The van der Waals surface area contributed by atoms with Crippen molar-refractivity contribution in [3.63, 3.8) is 0 Å². The van der Waals surface area contributed by atoms with Crippen LogP contribution in [0.3, 0.4) is 0 Å². The number of nitrogen functional groups attached to an aromatic ring is 1. The van der Waals surface area contributed by atoms with E-state index in [1.807, 2.05) is 80.6 Å². The van der Waals surface area contributed by atoms with E-state index in [1.165, 1.54) is 0 Å². The Balaban J connectivity index is 0.00000132. The van der Waals surface area contributed by atoms with Crippen molar-refractivity contribution < 1.29 is 9.13 Å². The number of alkyl halides is 1. The van der Waals surface area contributed by atoms with Crippen LogP contribution in [-0.2, 0) is 0 Å². The number of halogens is 1. The van der Waals surface area contributed by atoms with Gasteiger partial charge in [0.2, 0.25) is 0 Å². The number of hydrogen-bond donors (Lipinski definition) is 2. The van der Waals surface area contributed by atoms with Crippen LogP contribution < -0.4 is 10.5 Å². The van der Waals surface area contributed by atoms with Gasteiger partial charge in [0.1, 0.15) is 11.9 Å². The van der Waals surface area contributed by atoms with Crippen molar-refractivity contribution in [2.45, 2.75) is 32.4 Å². The number of ether oxygens (including phenoxy) is 1. The Kier molecular flexibility index (Phi) is 7.65. The highest BCUT2D eigenvalue weighted by molar-refractivity contribution is 5.75. The molecule has 4 nitrogen and oxygen atoms in total. The molecule has 0 fully saturated rings. The number of anilines is 1. The highest BCUT2D eigenvalue weighted by Gasteiger charge is 2.27. The number of H-pyrrole nitrogens is 1. The summed E-state index contributed by atoms with van der Waals surface area (Å²) in [6, 6.07) is 17.9. The summed E-state index contributed by atoms with van der Waals surface area (Å²) in [5.74, 6) is 0.826. The van der Waals surface area contributed by atoms with Gasteiger partial charge < -0.3 is 15.5 Å². The van der Waals surface area contributed by atoms with E-state index in [-0.39, 0.29) is 11.8 Å². The molecule has 2 aromatic carbocycles. The van der Waals surface area contributed by atoms with Gasteiger partial charge in [-0.15, -0.1) is 0 Å². The monoisotopic (exact) mass is 419 g/mol. The fourth-order valence-corrected chi connectivity index (χ4v) is 3.82. The summed E-state index contributed by atoms with van der Waals surface area (Å²) in [6.07, 6.45) is 6.85. The van der Waals surface area contributed by atoms with Crippen LogP contribution in [0.25, 0.3) is 5.57 Å². The van der Waals surface area contributed by atoms with Crippen LogP contribution in [-0.4, -0.2) is 23.2 Å². The van der Waals surface area contributed by atoms with Gasteiger partial charge in [0.05, 0.1) is 13.3 Å². The van der Waals surface area contributed by atoms with E-state index < -0.39 is 6.17 Å². The number of rotatable bonds is 6. The largest absolute Gasteiger partial charge is 0.497 e. The highest BCUT2D eigenvalue weighted by atomic mass is 19.1. The van der Waals surface area contributed by atoms with Crippen LogP contribution in [0.2, 0.25) is 0 Å². The van der Waals surface area contributed by atoms with E-state index in [4.69, 9.17) is 10.5 Å². The molecule has 0 bridgehead atoms. The average molecular weight is 420 g/mol. The van der Waals surface area contributed by atoms with Crippen molar-refractivity contribution in [3.05, 3.63) is 95.8 Å². The molecule has 0 spiro atoms. The van der Waals surface area contributed by atoms with Crippen molar-refractivity contribution in [2.75, 3.05) is 12.8 Å². The van der Waals surface area contributed by atoms with Crippen molar-refractivity contribution in [3.8, 4) is 5.75 Å². The van der Waals surface area contributed by atoms with Crippen LogP contribution >= 0.6 is 0 Å². The molecule has 3 aromatic rings. The summed E-state index contributed by atoms with van der Waals surface area (Å²) in [4.78, 5) is 7.27. The van der Waals surface area contributed by atoms with Crippen LogP contribution in [0.4, 0.5) is 10.3 Å². The number of imidazole rings is 1. The Morgan fingerprint density at radius 1 is 1.10 bits per heavy atom. The topological polar surface area (TPSA) is 63.9 Å². The van der Waals surface area contributed by atoms with E-state index in [0.29, 0.717) is 12.4 Å². The zero-order valence-electron chi connectivity index (χ0n) is 18.3. The summed E-state index contributed by atoms with van der Waals surface area (Å²) >= 11 is 0. The summed E-state index contributed by atoms with van der Waals surface area (Å²) in [5.41, 5.74) is 9.89. The van der Waals surface area contributed by atoms with Crippen LogP contribution in [0.1, 0.15) is 43.0 Å². The predicted molar refractivity (Wildman–Crippen MR) is 126 cm³/mol. The summed E-state index contributed by atoms with van der Waals surface area (Å²) < 4.78 is 20.1. The first-order chi connectivity index (χ1) is 15.1. The molecule has 3 N–H and O–H groups in total. The summed E-state index contributed by atoms with van der Waals surface area (Å²) in [7, 11) is 1.64. The maximum absolute atomic E-state index is 14.9. The third-order valence-electron chi connectivity index (χ3n) is 5.39. The number of hydrogen-bond acceptors (Lipinski definition) is 3. The van der Waals surface area contributed by atoms with E-state index in [1.54, 1.807) is 19.4 Å². The quantitative estimate of drug-likeness (QED) is 0.503. The number of aromatic nitrogens is 2. The van der Waals surface area contributed by atoms with E-state index in [9.17, 15) is 4.39 Å². The molecule has 4 rings (SSSR count). The number of nitrogens with two attached hydrogens (primary N) is 1. The lowest BCUT2D eigenvalue weighted by Crippen LogP contribution is -2.19. The van der Waals surface area contributed by atoms with E-state index in [2.05, 4.69) is 9.97 Å². The Morgan fingerprint density at radius 3 is 2.42 bits per heavy atom. The molecule has 31 heavy (non-hydrogen) atoms. The van der Waals surface area contributed by atoms with Crippen molar-refractivity contribution in [1.82, 2.24) is 9.97 Å². The SMILES string of the molecule is CC.COc1ccc(C(CC2C=C(c3ccccc3)C=CC2F)c2cnc(N)[nH]2)cc1. The molecule has 5 heteroatoms. The second kappa shape index (κ2) is 10.6. The van der Waals surface area contributed by atoms with Crippen LogP contribution in [0.5, 0.6) is 5.75 Å². The lowest BCUT2D eigenvalue weighted by molar-refractivity contribution is 0.300. The minimum Gasteiger partial charge on any atom is -0.497 e. The average Bonchev–Trinajstić information content (AvgIpc) is 3.26. The number of methoxy groups -OCH3 is 1. The molecular formula is C26H30FN3O. The summed E-state index contributed by atoms with van der Waals surface area (Å²) in [5, 5.41) is 0. The van der Waals surface area contributed by atoms with Gasteiger partial charge in [-0.1, -0.05) is 68.5 Å². The van der Waals surface area contributed by atoms with Crippen LogP contribution in [0, 0.1) is 5.92 Å². The molecule has 3 unspecified atom stereocenters. The van der Waals surface area contributed by atoms with Gasteiger partial charge >= 0.3 is 0 Å². The normalized spacial score (nSPS) is 18.5. The second-order valence-corrected chi connectivity index (χ2v) is 7.24. The molecule has 1 heterocycles. The number of aromatic amines is 1. The second-order valence-electron chi connectivity index (χ2n) is 7.24. The molecule has 0 amide bonds. The molecule has 1 aliphatic rings. The number of benzene rings is 2. The Hall–Kier alpha value is -3.34. The summed E-state index contributed by atoms with van der Waals surface area (Å²) in [6.45, 7) is 4.00. The highest BCUT2D eigenvalue weighted by Crippen LogP contribution is 2.37. The lowest BCUT2D eigenvalue weighted by Gasteiger charge is -2.25. The molecule has 0 saturated heterocycles. The van der Waals surface area contributed by atoms with Gasteiger partial charge in [-0.05, 0) is 41.3 Å². The Morgan fingerprint density at radius 2 is 1.81 bits per heavy atom. The number of allylic oxidation sites excluding steroid dienone is 4. The third kappa shape index (κ3) is 5.43. The smallest absolute Gasteiger partial charge is 0.197 e. The Bertz CT molecular complexity index is 1010. The van der Waals surface area contributed by atoms with Crippen molar-refractivity contribution >= 4 is 11.5 Å². The maximum Gasteiger partial charge on any atom is 0.197 e. The van der Waals surface area contributed by atoms with Gasteiger partial charge in [0.25, 0.3) is 0 Å². The fourth-order valence-electron chi connectivity index (χ4n) is 3.82. The molecule has 0 aliphatic heterocycles. The number of nitrogens with zero attached hydrogens (tertiary/aromatic N) is 1. The van der Waals surface area contributed by atoms with Gasteiger partial charge in [-0.25, -0.2) is 9.37 Å². The van der Waals surface area contributed by atoms with Gasteiger partial charge in [0.15, 0.2) is 5.95 Å². The minimum absolute atomic E-state index is 0.0614. The van der Waals surface area contributed by atoms with Crippen molar-refractivity contribution in [1.29, 1.82) is 0 Å². The van der Waals surface area contributed by atoms with Gasteiger partial charge in [-0.2, -0.15) is 0 Å². The number of nitrogens with one attached hydrogen (secondary N) is 1. The third-order valence-corrected chi connectivity index (χ3v) is 5.39. The first kappa shape index (κ1) is 22.3. The standard InChI is InChI=1S/C24H24FN3O.C2H6/c1-29-20-10-7-17(8-11-20)21(23-15-27-24(26)28-23)14-19-13-18(9-12-22(19)25)16-5-3-2-4-6-16;1-2/h2-13,15,19,21-22H,14H2,1H3,(H3,26,27,28);1-2H3. The van der Waals surface area contributed by atoms with E-state index >= 15 is 0 Å². The fraction of sp³-hybridized carbons (Fsp3) is 0.269. The Labute approximate surface area is 183 Å². The first-order valence-corrected chi connectivity index (χ1v) is 10.7. The zero-order valence-corrected chi connectivity index (χ0v) is 18.3. The minimum atomic E-state index is -1.04.